The highest BCUT2D eigenvalue weighted by Gasteiger charge is 2.20. The molecule has 0 aliphatic carbocycles. The molecule has 112 valence electrons. The van der Waals surface area contributed by atoms with Gasteiger partial charge in [0.25, 0.3) is 5.91 Å². The number of nitrogens with zero attached hydrogens (tertiary/aromatic N) is 1. The maximum Gasteiger partial charge on any atom is 0.255 e. The van der Waals surface area contributed by atoms with Crippen molar-refractivity contribution in [3.05, 3.63) is 41.8 Å². The highest BCUT2D eigenvalue weighted by molar-refractivity contribution is 5.99. The van der Waals surface area contributed by atoms with E-state index in [0.717, 1.165) is 0 Å². The Balaban J connectivity index is 2.25. The minimum Gasteiger partial charge on any atom is -0.396 e. The van der Waals surface area contributed by atoms with Crippen LogP contribution in [0.3, 0.4) is 0 Å². The summed E-state index contributed by atoms with van der Waals surface area (Å²) in [5.74, 6) is -0.847. The predicted molar refractivity (Wildman–Crippen MR) is 77.2 cm³/mol. The standard InChI is InChI=1S/C15H18FN3O2/c1-9(8-20)10(2)18-15(21)12-7-17-19-14(12)11-5-3-4-6-13(11)16/h3-7,9-10,20H,8H2,1-2H3,(H,17,19)(H,18,21). The molecule has 2 rings (SSSR count). The third-order valence-electron chi connectivity index (χ3n) is 3.53. The first-order valence-corrected chi connectivity index (χ1v) is 6.74. The Morgan fingerprint density at radius 3 is 2.81 bits per heavy atom. The SMILES string of the molecule is CC(CO)C(C)NC(=O)c1cn[nH]c1-c1ccccc1F. The van der Waals surface area contributed by atoms with Crippen molar-refractivity contribution in [3.63, 3.8) is 0 Å². The Labute approximate surface area is 122 Å². The van der Waals surface area contributed by atoms with Gasteiger partial charge in [0.1, 0.15) is 5.82 Å². The lowest BCUT2D eigenvalue weighted by molar-refractivity contribution is 0.0917. The highest BCUT2D eigenvalue weighted by atomic mass is 19.1. The number of aromatic amines is 1. The number of hydrogen-bond donors (Lipinski definition) is 3. The monoisotopic (exact) mass is 291 g/mol. The molecule has 0 saturated heterocycles. The van der Waals surface area contributed by atoms with E-state index in [0.29, 0.717) is 11.3 Å². The van der Waals surface area contributed by atoms with E-state index in [9.17, 15) is 9.18 Å². The Kier molecular flexibility index (Phi) is 4.70. The van der Waals surface area contributed by atoms with Crippen molar-refractivity contribution in [1.82, 2.24) is 15.5 Å². The number of benzene rings is 1. The second kappa shape index (κ2) is 6.49. The summed E-state index contributed by atoms with van der Waals surface area (Å²) in [5.41, 5.74) is 0.912. The van der Waals surface area contributed by atoms with Gasteiger partial charge in [0, 0.05) is 18.2 Å². The van der Waals surface area contributed by atoms with Gasteiger partial charge in [-0.2, -0.15) is 5.10 Å². The zero-order valence-corrected chi connectivity index (χ0v) is 11.9. The number of carbonyl (C=O) groups excluding carboxylic acids is 1. The number of hydrogen-bond acceptors (Lipinski definition) is 3. The van der Waals surface area contributed by atoms with E-state index in [-0.39, 0.29) is 30.0 Å². The number of nitrogens with one attached hydrogen (secondary N) is 2. The van der Waals surface area contributed by atoms with Crippen LogP contribution in [0.5, 0.6) is 0 Å². The first-order valence-electron chi connectivity index (χ1n) is 6.74. The lowest BCUT2D eigenvalue weighted by atomic mass is 10.0. The lowest BCUT2D eigenvalue weighted by Crippen LogP contribution is -2.38. The summed E-state index contributed by atoms with van der Waals surface area (Å²) >= 11 is 0. The topological polar surface area (TPSA) is 78.0 Å². The Morgan fingerprint density at radius 2 is 2.14 bits per heavy atom. The van der Waals surface area contributed by atoms with Crippen molar-refractivity contribution < 1.29 is 14.3 Å². The molecule has 21 heavy (non-hydrogen) atoms. The number of halogens is 1. The molecule has 0 fully saturated rings. The molecule has 0 radical (unpaired) electrons. The third-order valence-corrected chi connectivity index (χ3v) is 3.53. The van der Waals surface area contributed by atoms with Crippen LogP contribution in [0.4, 0.5) is 4.39 Å². The molecule has 1 heterocycles. The summed E-state index contributed by atoms with van der Waals surface area (Å²) < 4.78 is 13.8. The van der Waals surface area contributed by atoms with Gasteiger partial charge >= 0.3 is 0 Å². The smallest absolute Gasteiger partial charge is 0.255 e. The molecule has 0 aliphatic rings. The maximum absolute atomic E-state index is 13.8. The molecule has 5 nitrogen and oxygen atoms in total. The van der Waals surface area contributed by atoms with Crippen LogP contribution in [0.2, 0.25) is 0 Å². The summed E-state index contributed by atoms with van der Waals surface area (Å²) in [4.78, 5) is 12.3. The number of aromatic nitrogens is 2. The van der Waals surface area contributed by atoms with Crippen molar-refractivity contribution in [2.45, 2.75) is 19.9 Å². The average Bonchev–Trinajstić information content (AvgIpc) is 2.96. The van der Waals surface area contributed by atoms with Gasteiger partial charge in [0.15, 0.2) is 0 Å². The molecule has 0 bridgehead atoms. The minimum absolute atomic E-state index is 0.0208. The first-order chi connectivity index (χ1) is 10.0. The molecule has 0 saturated carbocycles. The molecule has 3 N–H and O–H groups in total. The molecule has 1 aromatic carbocycles. The lowest BCUT2D eigenvalue weighted by Gasteiger charge is -2.19. The van der Waals surface area contributed by atoms with Gasteiger partial charge in [0.05, 0.1) is 17.5 Å². The molecule has 0 aliphatic heterocycles. The molecule has 1 amide bonds. The van der Waals surface area contributed by atoms with E-state index in [1.807, 2.05) is 13.8 Å². The Morgan fingerprint density at radius 1 is 1.43 bits per heavy atom. The summed E-state index contributed by atoms with van der Waals surface area (Å²) in [5, 5.41) is 18.4. The van der Waals surface area contributed by atoms with Crippen molar-refractivity contribution in [2.75, 3.05) is 6.61 Å². The second-order valence-corrected chi connectivity index (χ2v) is 5.06. The quantitative estimate of drug-likeness (QED) is 0.788. The molecular formula is C15H18FN3O2. The number of aliphatic hydroxyl groups excluding tert-OH is 1. The number of amides is 1. The van der Waals surface area contributed by atoms with Crippen LogP contribution < -0.4 is 5.32 Å². The van der Waals surface area contributed by atoms with Crippen LogP contribution >= 0.6 is 0 Å². The number of carbonyl (C=O) groups is 1. The van der Waals surface area contributed by atoms with Crippen molar-refractivity contribution in [3.8, 4) is 11.3 Å². The van der Waals surface area contributed by atoms with Gasteiger partial charge in [-0.25, -0.2) is 4.39 Å². The third kappa shape index (κ3) is 3.28. The Hall–Kier alpha value is -2.21. The summed E-state index contributed by atoms with van der Waals surface area (Å²) in [6.45, 7) is 3.62. The molecular weight excluding hydrogens is 273 g/mol. The molecule has 2 unspecified atom stereocenters. The van der Waals surface area contributed by atoms with Crippen molar-refractivity contribution in [1.29, 1.82) is 0 Å². The van der Waals surface area contributed by atoms with Gasteiger partial charge in [-0.05, 0) is 25.0 Å². The van der Waals surface area contributed by atoms with E-state index in [1.165, 1.54) is 12.3 Å². The van der Waals surface area contributed by atoms with Gasteiger partial charge in [-0.3, -0.25) is 9.89 Å². The zero-order valence-electron chi connectivity index (χ0n) is 11.9. The van der Waals surface area contributed by atoms with Gasteiger partial charge < -0.3 is 10.4 Å². The van der Waals surface area contributed by atoms with E-state index in [4.69, 9.17) is 5.11 Å². The highest BCUT2D eigenvalue weighted by Crippen LogP contribution is 2.24. The van der Waals surface area contributed by atoms with E-state index >= 15 is 0 Å². The molecule has 2 aromatic rings. The number of H-pyrrole nitrogens is 1. The van der Waals surface area contributed by atoms with Crippen molar-refractivity contribution in [2.24, 2.45) is 5.92 Å². The van der Waals surface area contributed by atoms with Gasteiger partial charge in [-0.1, -0.05) is 19.1 Å². The van der Waals surface area contributed by atoms with E-state index < -0.39 is 5.82 Å². The van der Waals surface area contributed by atoms with Crippen LogP contribution in [0, 0.1) is 11.7 Å². The average molecular weight is 291 g/mol. The van der Waals surface area contributed by atoms with Gasteiger partial charge in [0.2, 0.25) is 0 Å². The van der Waals surface area contributed by atoms with E-state index in [1.54, 1.807) is 18.2 Å². The normalized spacial score (nSPS) is 13.7. The largest absolute Gasteiger partial charge is 0.396 e. The molecule has 6 heteroatoms. The van der Waals surface area contributed by atoms with E-state index in [2.05, 4.69) is 15.5 Å². The predicted octanol–water partition coefficient (Wildman–Crippen LogP) is 1.96. The van der Waals surface area contributed by atoms with Crippen LogP contribution in [-0.2, 0) is 0 Å². The second-order valence-electron chi connectivity index (χ2n) is 5.06. The van der Waals surface area contributed by atoms with Crippen LogP contribution in [0.1, 0.15) is 24.2 Å². The number of aliphatic hydroxyl groups is 1. The fourth-order valence-corrected chi connectivity index (χ4v) is 1.91. The maximum atomic E-state index is 13.8. The summed E-state index contributed by atoms with van der Waals surface area (Å²) in [7, 11) is 0. The minimum atomic E-state index is -0.424. The fraction of sp³-hybridized carbons (Fsp3) is 0.333. The number of rotatable bonds is 5. The summed E-state index contributed by atoms with van der Waals surface area (Å²) in [6, 6.07) is 5.98. The summed E-state index contributed by atoms with van der Waals surface area (Å²) in [6.07, 6.45) is 1.37. The van der Waals surface area contributed by atoms with Crippen molar-refractivity contribution >= 4 is 5.91 Å². The van der Waals surface area contributed by atoms with Crippen LogP contribution in [0.15, 0.2) is 30.5 Å². The van der Waals surface area contributed by atoms with Crippen LogP contribution in [-0.4, -0.2) is 33.9 Å². The van der Waals surface area contributed by atoms with Gasteiger partial charge in [-0.15, -0.1) is 0 Å². The molecule has 1 aromatic heterocycles. The fourth-order valence-electron chi connectivity index (χ4n) is 1.91. The first kappa shape index (κ1) is 15.2. The zero-order chi connectivity index (χ0) is 15.4. The molecule has 0 spiro atoms. The molecule has 2 atom stereocenters. The Bertz CT molecular complexity index is 627. The van der Waals surface area contributed by atoms with Crippen LogP contribution in [0.25, 0.3) is 11.3 Å².